The van der Waals surface area contributed by atoms with Crippen LogP contribution < -0.4 is 5.32 Å². The summed E-state index contributed by atoms with van der Waals surface area (Å²) < 4.78 is 0. The average Bonchev–Trinajstić information content (AvgIpc) is 2.54. The Morgan fingerprint density at radius 1 is 1.09 bits per heavy atom. The van der Waals surface area contributed by atoms with Gasteiger partial charge in [-0.25, -0.2) is 0 Å². The van der Waals surface area contributed by atoms with Crippen molar-refractivity contribution in [3.63, 3.8) is 0 Å². The Bertz CT molecular complexity index is 730. The number of hydrogen-bond acceptors (Lipinski definition) is 4. The van der Waals surface area contributed by atoms with Gasteiger partial charge >= 0.3 is 5.97 Å². The lowest BCUT2D eigenvalue weighted by atomic mass is 10.0. The number of nitro groups is 1. The van der Waals surface area contributed by atoms with Gasteiger partial charge in [-0.05, 0) is 12.1 Å². The van der Waals surface area contributed by atoms with Crippen LogP contribution in [0.3, 0.4) is 0 Å². The predicted octanol–water partition coefficient (Wildman–Crippen LogP) is 2.54. The third-order valence-corrected chi connectivity index (χ3v) is 3.23. The van der Waals surface area contributed by atoms with E-state index in [-0.39, 0.29) is 11.3 Å². The largest absolute Gasteiger partial charge is 0.481 e. The molecule has 1 atom stereocenters. The van der Waals surface area contributed by atoms with Gasteiger partial charge in [-0.15, -0.1) is 0 Å². The first-order valence-electron chi connectivity index (χ1n) is 6.80. The van der Waals surface area contributed by atoms with E-state index in [1.807, 2.05) is 0 Å². The van der Waals surface area contributed by atoms with Gasteiger partial charge in [0, 0.05) is 11.6 Å². The van der Waals surface area contributed by atoms with Crippen LogP contribution in [0.2, 0.25) is 0 Å². The Hall–Kier alpha value is -3.22. The molecule has 0 saturated carbocycles. The number of nitrogens with one attached hydrogen (secondary N) is 1. The summed E-state index contributed by atoms with van der Waals surface area (Å²) in [6.45, 7) is 0. The van der Waals surface area contributed by atoms with Gasteiger partial charge in [0.25, 0.3) is 11.6 Å². The maximum Gasteiger partial charge on any atom is 0.305 e. The number of rotatable bonds is 6. The van der Waals surface area contributed by atoms with Crippen LogP contribution in [-0.2, 0) is 4.79 Å². The van der Waals surface area contributed by atoms with Crippen LogP contribution in [0.1, 0.15) is 28.4 Å². The minimum atomic E-state index is -1.17. The van der Waals surface area contributed by atoms with Crippen molar-refractivity contribution in [2.45, 2.75) is 12.5 Å². The summed E-state index contributed by atoms with van der Waals surface area (Å²) in [5.74, 6) is -1.66. The van der Waals surface area contributed by atoms with Crippen LogP contribution in [0, 0.1) is 10.1 Å². The van der Waals surface area contributed by atoms with Gasteiger partial charge in [-0.3, -0.25) is 19.7 Å². The van der Waals surface area contributed by atoms with E-state index in [2.05, 4.69) is 5.32 Å². The molecule has 0 heterocycles. The van der Waals surface area contributed by atoms with Crippen molar-refractivity contribution >= 4 is 17.6 Å². The van der Waals surface area contributed by atoms with E-state index in [1.165, 1.54) is 18.2 Å². The molecule has 0 spiro atoms. The van der Waals surface area contributed by atoms with Gasteiger partial charge in [0.1, 0.15) is 0 Å². The second-order valence-electron chi connectivity index (χ2n) is 4.81. The van der Waals surface area contributed by atoms with E-state index in [1.54, 1.807) is 36.4 Å². The summed E-state index contributed by atoms with van der Waals surface area (Å²) in [4.78, 5) is 33.8. The monoisotopic (exact) mass is 314 g/mol. The van der Waals surface area contributed by atoms with Gasteiger partial charge < -0.3 is 10.4 Å². The number of aliphatic carboxylic acids is 1. The second kappa shape index (κ2) is 7.17. The Morgan fingerprint density at radius 3 is 2.30 bits per heavy atom. The lowest BCUT2D eigenvalue weighted by molar-refractivity contribution is -0.385. The molecule has 7 heteroatoms. The maximum atomic E-state index is 12.2. The predicted molar refractivity (Wildman–Crippen MR) is 82.0 cm³/mol. The molecule has 0 radical (unpaired) electrons. The van der Waals surface area contributed by atoms with Gasteiger partial charge in [0.05, 0.1) is 22.9 Å². The van der Waals surface area contributed by atoms with Crippen LogP contribution in [0.4, 0.5) is 5.69 Å². The molecule has 118 valence electrons. The van der Waals surface area contributed by atoms with Crippen LogP contribution in [0.5, 0.6) is 0 Å². The van der Waals surface area contributed by atoms with Crippen molar-refractivity contribution in [2.75, 3.05) is 0 Å². The SMILES string of the molecule is O=C(O)CC(NC(=O)c1ccccc1)c1ccccc1[N+](=O)[O-]. The first-order chi connectivity index (χ1) is 11.0. The average molecular weight is 314 g/mol. The van der Waals surface area contributed by atoms with Gasteiger partial charge in [-0.2, -0.15) is 0 Å². The molecule has 0 saturated heterocycles. The molecule has 0 aliphatic heterocycles. The van der Waals surface area contributed by atoms with Crippen LogP contribution in [0.15, 0.2) is 54.6 Å². The number of amides is 1. The van der Waals surface area contributed by atoms with Crippen LogP contribution in [0.25, 0.3) is 0 Å². The van der Waals surface area contributed by atoms with Gasteiger partial charge in [-0.1, -0.05) is 36.4 Å². The molecule has 1 unspecified atom stereocenters. The minimum Gasteiger partial charge on any atom is -0.481 e. The highest BCUT2D eigenvalue weighted by molar-refractivity contribution is 5.94. The molecule has 0 aromatic heterocycles. The van der Waals surface area contributed by atoms with Crippen LogP contribution >= 0.6 is 0 Å². The molecule has 7 nitrogen and oxygen atoms in total. The molecule has 2 N–H and O–H groups in total. The molecule has 0 aliphatic carbocycles. The van der Waals surface area contributed by atoms with E-state index >= 15 is 0 Å². The van der Waals surface area contributed by atoms with E-state index in [0.29, 0.717) is 5.56 Å². The molecule has 23 heavy (non-hydrogen) atoms. The fourth-order valence-electron chi connectivity index (χ4n) is 2.19. The summed E-state index contributed by atoms with van der Waals surface area (Å²) in [7, 11) is 0. The zero-order valence-corrected chi connectivity index (χ0v) is 12.0. The van der Waals surface area contributed by atoms with Gasteiger partial charge in [0.15, 0.2) is 0 Å². The molecular weight excluding hydrogens is 300 g/mol. The Labute approximate surface area is 131 Å². The van der Waals surface area contributed by atoms with Crippen molar-refractivity contribution < 1.29 is 19.6 Å². The third-order valence-electron chi connectivity index (χ3n) is 3.23. The topological polar surface area (TPSA) is 110 Å². The molecule has 2 rings (SSSR count). The number of carboxylic acid groups (broad SMARTS) is 1. The normalized spacial score (nSPS) is 11.5. The lowest BCUT2D eigenvalue weighted by Gasteiger charge is -2.17. The number of nitrogens with zero attached hydrogens (tertiary/aromatic N) is 1. The summed E-state index contributed by atoms with van der Waals surface area (Å²) >= 11 is 0. The van der Waals surface area contributed by atoms with E-state index in [4.69, 9.17) is 5.11 Å². The van der Waals surface area contributed by atoms with Crippen LogP contribution in [-0.4, -0.2) is 21.9 Å². The standard InChI is InChI=1S/C16H14N2O5/c19-15(20)10-13(12-8-4-5-9-14(12)18(22)23)17-16(21)11-6-2-1-3-7-11/h1-9,13H,10H2,(H,17,21)(H,19,20). The highest BCUT2D eigenvalue weighted by atomic mass is 16.6. The zero-order valence-electron chi connectivity index (χ0n) is 12.0. The van der Waals surface area contributed by atoms with Gasteiger partial charge in [0.2, 0.25) is 0 Å². The Morgan fingerprint density at radius 2 is 1.70 bits per heavy atom. The summed E-state index contributed by atoms with van der Waals surface area (Å²) in [5.41, 5.74) is 0.276. The summed E-state index contributed by atoms with van der Waals surface area (Å²) in [5, 5.41) is 22.7. The van der Waals surface area contributed by atoms with Crippen molar-refractivity contribution in [1.29, 1.82) is 0 Å². The Kier molecular flexibility index (Phi) is 5.03. The quantitative estimate of drug-likeness (QED) is 0.629. The summed E-state index contributed by atoms with van der Waals surface area (Å²) in [6, 6.07) is 13.0. The van der Waals surface area contributed by atoms with Crippen molar-refractivity contribution in [2.24, 2.45) is 0 Å². The smallest absolute Gasteiger partial charge is 0.305 e. The Balaban J connectivity index is 2.33. The first kappa shape index (κ1) is 16.2. The number of carbonyl (C=O) groups excluding carboxylic acids is 1. The summed E-state index contributed by atoms with van der Waals surface area (Å²) in [6.07, 6.45) is -0.455. The van der Waals surface area contributed by atoms with E-state index < -0.39 is 29.3 Å². The van der Waals surface area contributed by atoms with Crippen molar-refractivity contribution in [3.05, 3.63) is 75.8 Å². The molecule has 0 fully saturated rings. The first-order valence-corrected chi connectivity index (χ1v) is 6.80. The number of carbonyl (C=O) groups is 2. The number of para-hydroxylation sites is 1. The number of benzene rings is 2. The number of hydrogen-bond donors (Lipinski definition) is 2. The molecule has 2 aromatic rings. The number of carboxylic acids is 1. The highest BCUT2D eigenvalue weighted by Crippen LogP contribution is 2.27. The van der Waals surface area contributed by atoms with Crippen molar-refractivity contribution in [1.82, 2.24) is 5.32 Å². The molecule has 0 bridgehead atoms. The van der Waals surface area contributed by atoms with Crippen molar-refractivity contribution in [3.8, 4) is 0 Å². The zero-order chi connectivity index (χ0) is 16.8. The van der Waals surface area contributed by atoms with E-state index in [0.717, 1.165) is 0 Å². The highest BCUT2D eigenvalue weighted by Gasteiger charge is 2.25. The molecular formula is C16H14N2O5. The lowest BCUT2D eigenvalue weighted by Crippen LogP contribution is -2.30. The fraction of sp³-hybridized carbons (Fsp3) is 0.125. The molecule has 2 aromatic carbocycles. The third kappa shape index (κ3) is 4.13. The molecule has 0 aliphatic rings. The minimum absolute atomic E-state index is 0.157. The maximum absolute atomic E-state index is 12.2. The molecule has 1 amide bonds. The van der Waals surface area contributed by atoms with E-state index in [9.17, 15) is 19.7 Å². The fourth-order valence-corrected chi connectivity index (χ4v) is 2.19. The number of nitro benzene ring substituents is 1. The second-order valence-corrected chi connectivity index (χ2v) is 4.81.